The molecule has 5 aromatic rings. The molecule has 3 aromatic carbocycles. The van der Waals surface area contributed by atoms with Crippen molar-refractivity contribution >= 4 is 51.5 Å². The van der Waals surface area contributed by atoms with Crippen molar-refractivity contribution in [3.63, 3.8) is 0 Å². The van der Waals surface area contributed by atoms with Crippen LogP contribution in [0.2, 0.25) is 0 Å². The van der Waals surface area contributed by atoms with Crippen molar-refractivity contribution in [1.82, 2.24) is 40.0 Å². The first kappa shape index (κ1) is 32.0. The number of hydrogen-bond donors (Lipinski definition) is 3. The highest BCUT2D eigenvalue weighted by atomic mass is 16.2. The third kappa shape index (κ3) is 7.17. The topological polar surface area (TPSA) is 167 Å². The number of carbonyl (C=O) groups excluding carboxylic acids is 1. The van der Waals surface area contributed by atoms with Crippen molar-refractivity contribution in [2.75, 3.05) is 45.8 Å². The maximum Gasteiger partial charge on any atom is 0.253 e. The van der Waals surface area contributed by atoms with Gasteiger partial charge in [-0.2, -0.15) is 9.98 Å². The van der Waals surface area contributed by atoms with Crippen molar-refractivity contribution in [1.29, 1.82) is 0 Å². The summed E-state index contributed by atoms with van der Waals surface area (Å²) in [6.45, 7) is 9.08. The number of hydrogen-bond acceptors (Lipinski definition) is 9. The summed E-state index contributed by atoms with van der Waals surface area (Å²) in [7, 11) is 0. The van der Waals surface area contributed by atoms with Crippen molar-refractivity contribution in [3.05, 3.63) is 95.8 Å². The Bertz CT molecular complexity index is 2040. The second-order valence-electron chi connectivity index (χ2n) is 12.6. The molecule has 7 rings (SSSR count). The van der Waals surface area contributed by atoms with Crippen LogP contribution in [0.1, 0.15) is 23.0 Å². The minimum absolute atomic E-state index is 0.0132. The summed E-state index contributed by atoms with van der Waals surface area (Å²) in [5, 5.41) is 4.72. The molecule has 2 aliphatic heterocycles. The predicted molar refractivity (Wildman–Crippen MR) is 192 cm³/mol. The van der Waals surface area contributed by atoms with Gasteiger partial charge in [0.15, 0.2) is 5.96 Å². The van der Waals surface area contributed by atoms with Gasteiger partial charge in [-0.05, 0) is 31.5 Å². The van der Waals surface area contributed by atoms with Gasteiger partial charge in [0.1, 0.15) is 0 Å². The fraction of sp³-hybridized carbons (Fsp3) is 0.306. The molecule has 2 saturated heterocycles. The van der Waals surface area contributed by atoms with Gasteiger partial charge >= 0.3 is 0 Å². The minimum Gasteiger partial charge on any atom is -0.369 e. The normalized spacial score (nSPS) is 17.3. The molecule has 4 heterocycles. The molecule has 1 atom stereocenters. The molecule has 1 unspecified atom stereocenters. The molecule has 0 aliphatic carbocycles. The highest BCUT2D eigenvalue weighted by molar-refractivity contribution is 5.98. The summed E-state index contributed by atoms with van der Waals surface area (Å²) in [6.07, 6.45) is 0. The van der Waals surface area contributed by atoms with Crippen LogP contribution in [0.25, 0.3) is 21.8 Å². The van der Waals surface area contributed by atoms with Gasteiger partial charge in [0.05, 0.1) is 28.3 Å². The summed E-state index contributed by atoms with van der Waals surface area (Å²) in [4.78, 5) is 46.9. The lowest BCUT2D eigenvalue weighted by atomic mass is 9.93. The number of carbonyl (C=O) groups is 1. The van der Waals surface area contributed by atoms with E-state index in [1.54, 1.807) is 0 Å². The Hall–Kier alpha value is -5.53. The summed E-state index contributed by atoms with van der Waals surface area (Å²) in [6, 6.07) is 26.2. The van der Waals surface area contributed by atoms with E-state index in [0.717, 1.165) is 65.9 Å². The zero-order valence-corrected chi connectivity index (χ0v) is 27.7. The van der Waals surface area contributed by atoms with E-state index in [4.69, 9.17) is 11.5 Å². The molecule has 0 bridgehead atoms. The Morgan fingerprint density at radius 2 is 1.33 bits per heavy atom. The van der Waals surface area contributed by atoms with Gasteiger partial charge in [-0.15, -0.1) is 0 Å². The van der Waals surface area contributed by atoms with Gasteiger partial charge in [0.25, 0.3) is 11.9 Å². The van der Waals surface area contributed by atoms with E-state index in [1.807, 2.05) is 68.4 Å². The van der Waals surface area contributed by atoms with E-state index < -0.39 is 0 Å². The molecule has 2 aliphatic rings. The van der Waals surface area contributed by atoms with Gasteiger partial charge in [0, 0.05) is 62.6 Å². The van der Waals surface area contributed by atoms with Crippen molar-refractivity contribution in [3.8, 4) is 0 Å². The molecule has 0 saturated carbocycles. The van der Waals surface area contributed by atoms with Crippen molar-refractivity contribution < 1.29 is 4.79 Å². The first-order valence-electron chi connectivity index (χ1n) is 16.5. The number of aliphatic imine (C=N–C) groups is 2. The fourth-order valence-electron chi connectivity index (χ4n) is 6.52. The van der Waals surface area contributed by atoms with Crippen LogP contribution in [0.3, 0.4) is 0 Å². The number of fused-ring (bicyclic) bond motifs is 2. The van der Waals surface area contributed by atoms with Gasteiger partial charge in [-0.3, -0.25) is 19.9 Å². The van der Waals surface area contributed by atoms with E-state index >= 15 is 0 Å². The number of nitrogens with zero attached hydrogens (tertiary/aromatic N) is 9. The second-order valence-corrected chi connectivity index (χ2v) is 12.6. The molecular weight excluding hydrogens is 616 g/mol. The van der Waals surface area contributed by atoms with Crippen molar-refractivity contribution in [2.45, 2.75) is 19.9 Å². The SMILES string of the molecule is Cc1nc(/N=C(\N)NC(=O)C2CN(C(CN3CCN(/C(N)=N/c4nc(C)c5ccccc5n4)CC3)c3ccccc3)C2)nc2ccccc12. The first-order chi connectivity index (χ1) is 23.8. The Kier molecular flexibility index (Phi) is 9.09. The Morgan fingerprint density at radius 3 is 1.94 bits per heavy atom. The van der Waals surface area contributed by atoms with Gasteiger partial charge < -0.3 is 16.4 Å². The molecule has 13 heteroatoms. The van der Waals surface area contributed by atoms with E-state index in [9.17, 15) is 4.79 Å². The number of guanidine groups is 2. The number of benzene rings is 3. The van der Waals surface area contributed by atoms with Crippen LogP contribution in [0.5, 0.6) is 0 Å². The maximum absolute atomic E-state index is 13.1. The molecule has 1 amide bonds. The van der Waals surface area contributed by atoms with Crippen LogP contribution >= 0.6 is 0 Å². The molecule has 250 valence electrons. The molecule has 0 radical (unpaired) electrons. The van der Waals surface area contributed by atoms with Crippen molar-refractivity contribution in [2.24, 2.45) is 27.4 Å². The quantitative estimate of drug-likeness (QED) is 0.175. The average molecular weight is 657 g/mol. The molecule has 2 aromatic heterocycles. The van der Waals surface area contributed by atoms with E-state index in [0.29, 0.717) is 25.0 Å². The smallest absolute Gasteiger partial charge is 0.253 e. The minimum atomic E-state index is -0.201. The molecule has 5 N–H and O–H groups in total. The number of aromatic nitrogens is 4. The number of likely N-dealkylation sites (tertiary alicyclic amines) is 1. The molecule has 13 nitrogen and oxygen atoms in total. The number of nitrogens with two attached hydrogens (primary N) is 2. The maximum atomic E-state index is 13.1. The Balaban J connectivity index is 0.954. The molecule has 0 spiro atoms. The second kappa shape index (κ2) is 13.9. The first-order valence-corrected chi connectivity index (χ1v) is 16.5. The van der Waals surface area contributed by atoms with E-state index in [2.05, 4.69) is 74.2 Å². The fourth-order valence-corrected chi connectivity index (χ4v) is 6.52. The number of piperazine rings is 1. The monoisotopic (exact) mass is 656 g/mol. The lowest BCUT2D eigenvalue weighted by Crippen LogP contribution is -2.58. The molecule has 49 heavy (non-hydrogen) atoms. The lowest BCUT2D eigenvalue weighted by Gasteiger charge is -2.46. The zero-order valence-electron chi connectivity index (χ0n) is 27.7. The average Bonchev–Trinajstić information content (AvgIpc) is 3.08. The van der Waals surface area contributed by atoms with Gasteiger partial charge in [-0.1, -0.05) is 66.7 Å². The molecule has 2 fully saturated rings. The summed E-state index contributed by atoms with van der Waals surface area (Å²) in [5.74, 6) is 0.653. The van der Waals surface area contributed by atoms with Gasteiger partial charge in [0.2, 0.25) is 11.9 Å². The summed E-state index contributed by atoms with van der Waals surface area (Å²) < 4.78 is 0. The molecular formula is C36H40N12O. The standard InChI is InChI=1S/C36H40N12O/c1-23-27-12-6-8-14-29(27)41-35(39-23)44-33(37)43-32(49)26-20-48(21-26)31(25-10-4-3-5-11-25)22-46-16-18-47(19-17-46)34(38)45-36-40-24(2)28-13-7-9-15-30(28)42-36/h3-15,26,31H,16-22H2,1-2H3,(H2,38,40,42,45)(H3,37,39,41,43,44,49). The number of amides is 1. The Morgan fingerprint density at radius 1 is 0.776 bits per heavy atom. The lowest BCUT2D eigenvalue weighted by molar-refractivity contribution is -0.130. The van der Waals surface area contributed by atoms with Gasteiger partial charge in [-0.25, -0.2) is 19.9 Å². The third-order valence-corrected chi connectivity index (χ3v) is 9.28. The largest absolute Gasteiger partial charge is 0.369 e. The predicted octanol–water partition coefficient (Wildman–Crippen LogP) is 3.19. The highest BCUT2D eigenvalue weighted by Crippen LogP contribution is 2.30. The van der Waals surface area contributed by atoms with Crippen LogP contribution in [0.4, 0.5) is 11.9 Å². The van der Waals surface area contributed by atoms with E-state index in [1.165, 1.54) is 5.56 Å². The number of nitrogens with one attached hydrogen (secondary N) is 1. The van der Waals surface area contributed by atoms with Crippen LogP contribution in [-0.4, -0.2) is 98.3 Å². The van der Waals surface area contributed by atoms with Crippen LogP contribution in [0, 0.1) is 19.8 Å². The van der Waals surface area contributed by atoms with E-state index in [-0.39, 0.29) is 29.8 Å². The number of rotatable bonds is 7. The number of para-hydroxylation sites is 2. The third-order valence-electron chi connectivity index (χ3n) is 9.28. The van der Waals surface area contributed by atoms with Crippen LogP contribution in [-0.2, 0) is 4.79 Å². The number of aryl methyl sites for hydroxylation is 2. The van der Waals surface area contributed by atoms with Crippen LogP contribution < -0.4 is 16.8 Å². The highest BCUT2D eigenvalue weighted by Gasteiger charge is 2.38. The van der Waals surface area contributed by atoms with Crippen LogP contribution in [0.15, 0.2) is 88.8 Å². The Labute approximate surface area is 284 Å². The summed E-state index contributed by atoms with van der Waals surface area (Å²) in [5.41, 5.74) is 17.1. The zero-order chi connectivity index (χ0) is 33.9. The summed E-state index contributed by atoms with van der Waals surface area (Å²) >= 11 is 0.